The molecule has 3 N–H and O–H groups in total. The van der Waals surface area contributed by atoms with Crippen LogP contribution in [0, 0.1) is 19.7 Å². The molecule has 0 unspecified atom stereocenters. The van der Waals surface area contributed by atoms with Gasteiger partial charge in [-0.1, -0.05) is 17.7 Å². The lowest BCUT2D eigenvalue weighted by Crippen LogP contribution is -2.30. The summed E-state index contributed by atoms with van der Waals surface area (Å²) in [5.41, 5.74) is 1.28. The number of amides is 1. The molecule has 0 bridgehead atoms. The van der Waals surface area contributed by atoms with Crippen LogP contribution < -0.4 is 16.0 Å². The van der Waals surface area contributed by atoms with Gasteiger partial charge in [-0.3, -0.25) is 4.79 Å². The van der Waals surface area contributed by atoms with Gasteiger partial charge in [-0.15, -0.1) is 0 Å². The fourth-order valence-electron chi connectivity index (χ4n) is 2.77. The Morgan fingerprint density at radius 3 is 2.63 bits per heavy atom. The highest BCUT2D eigenvalue weighted by atomic mass is 35.5. The first-order chi connectivity index (χ1) is 14.4. The van der Waals surface area contributed by atoms with Crippen LogP contribution >= 0.6 is 11.6 Å². The lowest BCUT2D eigenvalue weighted by atomic mass is 10.1. The van der Waals surface area contributed by atoms with Gasteiger partial charge in [0.25, 0.3) is 0 Å². The summed E-state index contributed by atoms with van der Waals surface area (Å²) in [6, 6.07) is 9.94. The summed E-state index contributed by atoms with van der Waals surface area (Å²) in [5.74, 6) is 1.71. The minimum atomic E-state index is -0.490. The van der Waals surface area contributed by atoms with Crippen LogP contribution in [0.15, 0.2) is 42.6 Å². The Bertz CT molecular complexity index is 1030. The third-order valence-corrected chi connectivity index (χ3v) is 4.52. The number of rotatable bonds is 8. The van der Waals surface area contributed by atoms with E-state index >= 15 is 0 Å². The van der Waals surface area contributed by atoms with Gasteiger partial charge >= 0.3 is 0 Å². The minimum absolute atomic E-state index is 0.115. The number of nitrogens with one attached hydrogen (secondary N) is 3. The molecule has 0 saturated heterocycles. The fourth-order valence-corrected chi connectivity index (χ4v) is 3.00. The van der Waals surface area contributed by atoms with Gasteiger partial charge in [0.15, 0.2) is 0 Å². The van der Waals surface area contributed by atoms with Gasteiger partial charge in [0.05, 0.1) is 6.42 Å². The van der Waals surface area contributed by atoms with E-state index in [2.05, 4.69) is 30.9 Å². The van der Waals surface area contributed by atoms with Crippen molar-refractivity contribution in [2.75, 3.05) is 23.7 Å². The Morgan fingerprint density at radius 1 is 1.07 bits per heavy atom. The average Bonchev–Trinajstić information content (AvgIpc) is 2.68. The number of anilines is 3. The molecule has 156 valence electrons. The maximum Gasteiger partial charge on any atom is 0.224 e. The van der Waals surface area contributed by atoms with Gasteiger partial charge in [-0.25, -0.2) is 19.3 Å². The molecule has 0 radical (unpaired) electrons. The highest BCUT2D eigenvalue weighted by molar-refractivity contribution is 6.31. The molecule has 0 atom stereocenters. The molecular formula is C21H22ClFN6O. The zero-order valence-electron chi connectivity index (χ0n) is 16.7. The van der Waals surface area contributed by atoms with Gasteiger partial charge in [0, 0.05) is 35.9 Å². The van der Waals surface area contributed by atoms with Gasteiger partial charge in [0.1, 0.15) is 29.1 Å². The molecule has 0 aliphatic rings. The molecule has 1 amide bonds. The monoisotopic (exact) mass is 428 g/mol. The number of carbonyl (C=O) groups excluding carboxylic acids is 1. The van der Waals surface area contributed by atoms with Crippen LogP contribution in [0.4, 0.5) is 21.8 Å². The van der Waals surface area contributed by atoms with E-state index in [1.165, 1.54) is 12.1 Å². The van der Waals surface area contributed by atoms with E-state index in [-0.39, 0.29) is 22.9 Å². The average molecular weight is 429 g/mol. The maximum atomic E-state index is 13.8. The molecule has 0 saturated carbocycles. The SMILES string of the molecule is Cc1ccnc(Nc2cc(NCCNC(=O)Cc3c(F)cccc3Cl)nc(C)n2)c1. The normalized spacial score (nSPS) is 10.5. The number of halogens is 2. The highest BCUT2D eigenvalue weighted by Crippen LogP contribution is 2.19. The zero-order chi connectivity index (χ0) is 21.5. The Balaban J connectivity index is 1.51. The first-order valence-electron chi connectivity index (χ1n) is 9.39. The second-order valence-corrected chi connectivity index (χ2v) is 7.09. The van der Waals surface area contributed by atoms with Crippen LogP contribution in [-0.2, 0) is 11.2 Å². The second kappa shape index (κ2) is 9.98. The molecule has 0 spiro atoms. The summed E-state index contributed by atoms with van der Waals surface area (Å²) in [4.78, 5) is 25.0. The van der Waals surface area contributed by atoms with E-state index in [9.17, 15) is 9.18 Å². The Kier molecular flexibility index (Phi) is 7.13. The predicted molar refractivity (Wildman–Crippen MR) is 116 cm³/mol. The van der Waals surface area contributed by atoms with E-state index < -0.39 is 5.82 Å². The molecule has 9 heteroatoms. The summed E-state index contributed by atoms with van der Waals surface area (Å²) in [6.07, 6.45) is 1.61. The zero-order valence-corrected chi connectivity index (χ0v) is 17.4. The molecular weight excluding hydrogens is 407 g/mol. The summed E-state index contributed by atoms with van der Waals surface area (Å²) in [7, 11) is 0. The smallest absolute Gasteiger partial charge is 0.224 e. The quantitative estimate of drug-likeness (QED) is 0.473. The molecule has 0 fully saturated rings. The van der Waals surface area contributed by atoms with Crippen LogP contribution in [0.25, 0.3) is 0 Å². The van der Waals surface area contributed by atoms with E-state index in [0.29, 0.717) is 36.4 Å². The topological polar surface area (TPSA) is 91.8 Å². The van der Waals surface area contributed by atoms with E-state index in [0.717, 1.165) is 5.56 Å². The number of carbonyl (C=O) groups is 1. The second-order valence-electron chi connectivity index (χ2n) is 6.68. The molecule has 3 rings (SSSR count). The minimum Gasteiger partial charge on any atom is -0.368 e. The Hall–Kier alpha value is -3.26. The third kappa shape index (κ3) is 6.12. The van der Waals surface area contributed by atoms with Gasteiger partial charge in [0.2, 0.25) is 5.91 Å². The maximum absolute atomic E-state index is 13.8. The number of benzene rings is 1. The van der Waals surface area contributed by atoms with Crippen LogP contribution in [0.5, 0.6) is 0 Å². The van der Waals surface area contributed by atoms with Crippen molar-refractivity contribution in [2.45, 2.75) is 20.3 Å². The van der Waals surface area contributed by atoms with Crippen molar-refractivity contribution in [1.82, 2.24) is 20.3 Å². The molecule has 30 heavy (non-hydrogen) atoms. The molecule has 3 aromatic rings. The number of aryl methyl sites for hydroxylation is 2. The summed E-state index contributed by atoms with van der Waals surface area (Å²) >= 11 is 5.95. The Labute approximate surface area is 179 Å². The van der Waals surface area contributed by atoms with Crippen molar-refractivity contribution < 1.29 is 9.18 Å². The predicted octanol–water partition coefficient (Wildman–Crippen LogP) is 3.80. The Morgan fingerprint density at radius 2 is 1.87 bits per heavy atom. The molecule has 0 aliphatic carbocycles. The lowest BCUT2D eigenvalue weighted by Gasteiger charge is -2.11. The highest BCUT2D eigenvalue weighted by Gasteiger charge is 2.11. The van der Waals surface area contributed by atoms with Crippen LogP contribution in [0.1, 0.15) is 17.0 Å². The van der Waals surface area contributed by atoms with Gasteiger partial charge < -0.3 is 16.0 Å². The molecule has 2 aromatic heterocycles. The number of pyridine rings is 1. The first-order valence-corrected chi connectivity index (χ1v) is 9.77. The van der Waals surface area contributed by atoms with Crippen molar-refractivity contribution in [2.24, 2.45) is 0 Å². The van der Waals surface area contributed by atoms with Crippen molar-refractivity contribution in [1.29, 1.82) is 0 Å². The van der Waals surface area contributed by atoms with Crippen LogP contribution in [0.2, 0.25) is 5.02 Å². The lowest BCUT2D eigenvalue weighted by molar-refractivity contribution is -0.120. The van der Waals surface area contributed by atoms with Crippen molar-refractivity contribution in [3.8, 4) is 0 Å². The van der Waals surface area contributed by atoms with Gasteiger partial charge in [-0.2, -0.15) is 0 Å². The van der Waals surface area contributed by atoms with Crippen molar-refractivity contribution in [3.05, 3.63) is 70.4 Å². The van der Waals surface area contributed by atoms with E-state index in [4.69, 9.17) is 11.6 Å². The summed E-state index contributed by atoms with van der Waals surface area (Å²) in [5, 5.41) is 9.27. The molecule has 2 heterocycles. The van der Waals surface area contributed by atoms with Crippen LogP contribution in [-0.4, -0.2) is 33.9 Å². The molecule has 7 nitrogen and oxygen atoms in total. The fraction of sp³-hybridized carbons (Fsp3) is 0.238. The van der Waals surface area contributed by atoms with Crippen LogP contribution in [0.3, 0.4) is 0 Å². The van der Waals surface area contributed by atoms with Crippen molar-refractivity contribution >= 4 is 35.0 Å². The van der Waals surface area contributed by atoms with E-state index in [1.54, 1.807) is 25.3 Å². The van der Waals surface area contributed by atoms with E-state index in [1.807, 2.05) is 19.1 Å². The number of aromatic nitrogens is 3. The molecule has 0 aliphatic heterocycles. The standard InChI is InChI=1S/C21H22ClFN6O/c1-13-6-7-24-18(10-13)29-20-12-19(27-14(2)28-20)25-8-9-26-21(30)11-15-16(22)4-3-5-17(15)23/h3-7,10,12H,8-9,11H2,1-2H3,(H,26,30)(H2,24,25,27,28,29). The largest absolute Gasteiger partial charge is 0.368 e. The first kappa shape index (κ1) is 21.4. The van der Waals surface area contributed by atoms with Gasteiger partial charge in [-0.05, 0) is 43.7 Å². The number of hydrogen-bond acceptors (Lipinski definition) is 6. The van der Waals surface area contributed by atoms with Crippen molar-refractivity contribution in [3.63, 3.8) is 0 Å². The summed E-state index contributed by atoms with van der Waals surface area (Å²) in [6.45, 7) is 4.56. The third-order valence-electron chi connectivity index (χ3n) is 4.16. The number of hydrogen-bond donors (Lipinski definition) is 3. The summed E-state index contributed by atoms with van der Waals surface area (Å²) < 4.78 is 13.8. The molecule has 1 aromatic carbocycles. The number of nitrogens with zero attached hydrogens (tertiary/aromatic N) is 3.